The van der Waals surface area contributed by atoms with Gasteiger partial charge in [-0.05, 0) is 59.4 Å². The first-order valence-corrected chi connectivity index (χ1v) is 12.5. The number of hydrogen-bond acceptors (Lipinski definition) is 3. The molecule has 0 aromatic heterocycles. The van der Waals surface area contributed by atoms with E-state index in [-0.39, 0.29) is 11.2 Å². The van der Waals surface area contributed by atoms with Gasteiger partial charge in [0.2, 0.25) is 0 Å². The number of aryl methyl sites for hydroxylation is 1. The summed E-state index contributed by atoms with van der Waals surface area (Å²) in [4.78, 5) is 39.6. The largest absolute Gasteiger partial charge is 0.480 e. The molecule has 4 rings (SSSR count). The molecule has 1 saturated carbocycles. The summed E-state index contributed by atoms with van der Waals surface area (Å²) in [5.74, 6) is -1.07. The van der Waals surface area contributed by atoms with Crippen LogP contribution in [0.1, 0.15) is 43.2 Å². The van der Waals surface area contributed by atoms with E-state index < -0.39 is 28.5 Å². The van der Waals surface area contributed by atoms with Gasteiger partial charge in [0.05, 0.1) is 4.99 Å². The Bertz CT molecular complexity index is 1110. The van der Waals surface area contributed by atoms with Gasteiger partial charge in [0, 0.05) is 17.0 Å². The van der Waals surface area contributed by atoms with Crippen molar-refractivity contribution in [2.75, 3.05) is 5.32 Å². The monoisotopic (exact) mass is 467 g/mol. The Balaban J connectivity index is 1.57. The molecular formula is C25H29N3O4S. The molecule has 8 heteroatoms. The minimum absolute atomic E-state index is 0.0672. The van der Waals surface area contributed by atoms with Gasteiger partial charge in [-0.25, -0.2) is 9.59 Å². The molecule has 2 aromatic carbocycles. The lowest BCUT2D eigenvalue weighted by molar-refractivity contribution is -0.140. The average molecular weight is 468 g/mol. The van der Waals surface area contributed by atoms with Crippen LogP contribution in [0.15, 0.2) is 53.4 Å². The number of amides is 3. The highest BCUT2D eigenvalue weighted by molar-refractivity contribution is 8.28. The minimum atomic E-state index is -1.08. The Hall–Kier alpha value is -3.13. The smallest absolute Gasteiger partial charge is 0.326 e. The molecule has 7 nitrogen and oxygen atoms in total. The molecule has 2 aliphatic rings. The summed E-state index contributed by atoms with van der Waals surface area (Å²) >= 11 is 0. The van der Waals surface area contributed by atoms with Gasteiger partial charge in [-0.3, -0.25) is 4.79 Å². The maximum atomic E-state index is 13.4. The Morgan fingerprint density at radius 2 is 1.67 bits per heavy atom. The first kappa shape index (κ1) is 23.0. The second-order valence-corrected chi connectivity index (χ2v) is 10.5. The van der Waals surface area contributed by atoms with E-state index in [2.05, 4.69) is 16.0 Å². The van der Waals surface area contributed by atoms with E-state index >= 15 is 0 Å². The molecular weight excluding hydrogens is 438 g/mol. The Labute approximate surface area is 195 Å². The number of urea groups is 1. The zero-order valence-corrected chi connectivity index (χ0v) is 19.4. The maximum absolute atomic E-state index is 13.4. The van der Waals surface area contributed by atoms with Crippen LogP contribution < -0.4 is 16.0 Å². The second-order valence-electron chi connectivity index (χ2n) is 8.55. The molecule has 2 atom stereocenters. The Morgan fingerprint density at radius 1 is 0.970 bits per heavy atom. The lowest BCUT2D eigenvalue weighted by Crippen LogP contribution is -2.46. The van der Waals surface area contributed by atoms with Crippen LogP contribution in [0, 0.1) is 12.8 Å². The van der Waals surface area contributed by atoms with Crippen molar-refractivity contribution in [3.63, 3.8) is 0 Å². The lowest BCUT2D eigenvalue weighted by atomic mass is 9.84. The molecule has 33 heavy (non-hydrogen) atoms. The van der Waals surface area contributed by atoms with Crippen LogP contribution in [0.4, 0.5) is 15.3 Å². The standard InChI is InChI=1S/C25H29N3O4S/c1-16-9-5-7-13-19(16)26-24(31)27-21-15-18-12-6-8-14-20(18)33(21)25(32)28-22(23(29)30)17-10-3-2-4-11-17/h5-9,12-14,17,22H,2-4,10-11,15H2,1H3,(H,28,32)(H,29,30)(H2,26,27,31)/t22-,33?/m0/s1. The number of carboxylic acids is 1. The third kappa shape index (κ3) is 5.27. The van der Waals surface area contributed by atoms with Crippen LogP contribution in [0.3, 0.4) is 0 Å². The van der Waals surface area contributed by atoms with Crippen molar-refractivity contribution < 1.29 is 19.5 Å². The highest BCUT2D eigenvalue weighted by Gasteiger charge is 2.34. The zero-order chi connectivity index (χ0) is 23.4. The SMILES string of the molecule is Cc1ccccc1NC(=O)NC1=S(C(=O)N[C@H](C(=O)O)C2CCCCC2)c2ccccc2C1. The molecule has 1 aliphatic heterocycles. The van der Waals surface area contributed by atoms with Crippen molar-refractivity contribution >= 4 is 38.4 Å². The van der Waals surface area contributed by atoms with Crippen LogP contribution in [0.2, 0.25) is 0 Å². The Morgan fingerprint density at radius 3 is 2.39 bits per heavy atom. The Kier molecular flexibility index (Phi) is 7.13. The van der Waals surface area contributed by atoms with Gasteiger partial charge in [0.25, 0.3) is 5.24 Å². The first-order valence-electron chi connectivity index (χ1n) is 11.3. The highest BCUT2D eigenvalue weighted by Crippen LogP contribution is 2.39. The van der Waals surface area contributed by atoms with Gasteiger partial charge in [-0.1, -0.05) is 55.7 Å². The predicted octanol–water partition coefficient (Wildman–Crippen LogP) is 4.87. The van der Waals surface area contributed by atoms with Crippen molar-refractivity contribution in [3.8, 4) is 0 Å². The van der Waals surface area contributed by atoms with Gasteiger partial charge >= 0.3 is 12.0 Å². The van der Waals surface area contributed by atoms with Gasteiger partial charge in [-0.15, -0.1) is 0 Å². The normalized spacial score (nSPS) is 18.8. The summed E-state index contributed by atoms with van der Waals surface area (Å²) in [5, 5.41) is 18.0. The van der Waals surface area contributed by atoms with E-state index in [0.717, 1.165) is 48.1 Å². The molecule has 1 heterocycles. The van der Waals surface area contributed by atoms with Crippen molar-refractivity contribution in [2.45, 2.75) is 56.4 Å². The summed E-state index contributed by atoms with van der Waals surface area (Å²) in [5.41, 5.74) is 2.59. The van der Waals surface area contributed by atoms with Gasteiger partial charge in [0.15, 0.2) is 0 Å². The molecule has 1 unspecified atom stereocenters. The molecule has 2 aromatic rings. The predicted molar refractivity (Wildman–Crippen MR) is 131 cm³/mol. The molecule has 0 saturated heterocycles. The number of carbonyl (C=O) groups excluding carboxylic acids is 2. The fourth-order valence-electron chi connectivity index (χ4n) is 4.56. The minimum Gasteiger partial charge on any atom is -0.480 e. The summed E-state index contributed by atoms with van der Waals surface area (Å²) in [6.07, 6.45) is 5.11. The number of anilines is 1. The van der Waals surface area contributed by atoms with Crippen molar-refractivity contribution in [2.24, 2.45) is 5.92 Å². The number of para-hydroxylation sites is 1. The van der Waals surface area contributed by atoms with Crippen LogP contribution in [0.5, 0.6) is 0 Å². The zero-order valence-electron chi connectivity index (χ0n) is 18.6. The van der Waals surface area contributed by atoms with Crippen molar-refractivity contribution in [1.29, 1.82) is 0 Å². The van der Waals surface area contributed by atoms with Crippen LogP contribution >= 0.6 is 10.5 Å². The summed E-state index contributed by atoms with van der Waals surface area (Å²) < 4.78 is 0. The van der Waals surface area contributed by atoms with E-state index in [1.54, 1.807) is 0 Å². The van der Waals surface area contributed by atoms with E-state index in [1.807, 2.05) is 55.5 Å². The van der Waals surface area contributed by atoms with E-state index in [4.69, 9.17) is 0 Å². The van der Waals surface area contributed by atoms with Crippen LogP contribution in [-0.4, -0.2) is 33.4 Å². The van der Waals surface area contributed by atoms with E-state index in [9.17, 15) is 19.5 Å². The second kappa shape index (κ2) is 10.2. The van der Waals surface area contributed by atoms with Crippen LogP contribution in [0.25, 0.3) is 0 Å². The molecule has 1 aliphatic carbocycles. The molecule has 174 valence electrons. The number of carbonyl (C=O) groups is 3. The fraction of sp³-hybridized carbons (Fsp3) is 0.360. The molecule has 0 spiro atoms. The average Bonchev–Trinajstić information content (AvgIpc) is 3.17. The number of carboxylic acid groups (broad SMARTS) is 1. The number of fused-ring (bicyclic) bond motifs is 1. The number of rotatable bonds is 4. The number of aliphatic carboxylic acids is 1. The van der Waals surface area contributed by atoms with Gasteiger partial charge < -0.3 is 21.1 Å². The lowest BCUT2D eigenvalue weighted by Gasteiger charge is -2.28. The van der Waals surface area contributed by atoms with Crippen molar-refractivity contribution in [1.82, 2.24) is 10.6 Å². The molecule has 0 bridgehead atoms. The summed E-state index contributed by atoms with van der Waals surface area (Å²) in [7, 11) is -1.08. The van der Waals surface area contributed by atoms with Crippen molar-refractivity contribution in [3.05, 3.63) is 59.7 Å². The quantitative estimate of drug-likeness (QED) is 0.481. The molecule has 3 amide bonds. The molecule has 1 fully saturated rings. The van der Waals surface area contributed by atoms with E-state index in [0.29, 0.717) is 17.1 Å². The number of benzene rings is 2. The highest BCUT2D eigenvalue weighted by atomic mass is 32.2. The fourth-order valence-corrected chi connectivity index (χ4v) is 6.61. The maximum Gasteiger partial charge on any atom is 0.326 e. The first-order chi connectivity index (χ1) is 15.9. The number of hydrogen-bond donors (Lipinski definition) is 4. The van der Waals surface area contributed by atoms with E-state index in [1.165, 1.54) is 0 Å². The summed E-state index contributed by atoms with van der Waals surface area (Å²) in [6, 6.07) is 13.7. The molecule has 0 radical (unpaired) electrons. The molecule has 4 N–H and O–H groups in total. The topological polar surface area (TPSA) is 108 Å². The number of nitrogens with one attached hydrogen (secondary N) is 3. The van der Waals surface area contributed by atoms with Gasteiger partial charge in [0.1, 0.15) is 6.04 Å². The van der Waals surface area contributed by atoms with Crippen LogP contribution in [-0.2, 0) is 11.2 Å². The third-order valence-electron chi connectivity index (χ3n) is 6.28. The third-order valence-corrected chi connectivity index (χ3v) is 8.35. The van der Waals surface area contributed by atoms with Gasteiger partial charge in [-0.2, -0.15) is 0 Å². The summed E-state index contributed by atoms with van der Waals surface area (Å²) in [6.45, 7) is 1.91.